The van der Waals surface area contributed by atoms with Crippen LogP contribution in [0.5, 0.6) is 0 Å². The Balaban J connectivity index is 2.25. The van der Waals surface area contributed by atoms with E-state index < -0.39 is 0 Å². The number of rotatable bonds is 8. The van der Waals surface area contributed by atoms with Crippen LogP contribution in [0.25, 0.3) is 0 Å². The van der Waals surface area contributed by atoms with Gasteiger partial charge in [-0.1, -0.05) is 6.42 Å². The summed E-state index contributed by atoms with van der Waals surface area (Å²) < 4.78 is 0. The Labute approximate surface area is 121 Å². The average molecular weight is 287 g/mol. The molecule has 0 saturated heterocycles. The third-order valence-corrected chi connectivity index (χ3v) is 4.21. The smallest absolute Gasteiger partial charge is 0.191 e. The number of nitrogens with zero attached hydrogens (tertiary/aromatic N) is 1. The van der Waals surface area contributed by atoms with E-state index in [0.717, 1.165) is 44.9 Å². The van der Waals surface area contributed by atoms with Gasteiger partial charge in [-0.3, -0.25) is 4.99 Å². The van der Waals surface area contributed by atoms with E-state index in [9.17, 15) is 5.11 Å². The fraction of sp³-hybridized carbons (Fsp3) is 0.929. The zero-order chi connectivity index (χ0) is 13.9. The Morgan fingerprint density at radius 3 is 2.79 bits per heavy atom. The maximum absolute atomic E-state index is 9.79. The first-order chi connectivity index (χ1) is 9.27. The lowest BCUT2D eigenvalue weighted by Gasteiger charge is -2.14. The zero-order valence-corrected chi connectivity index (χ0v) is 13.1. The van der Waals surface area contributed by atoms with Crippen LogP contribution in [0.15, 0.2) is 4.99 Å². The minimum atomic E-state index is -0.145. The molecule has 0 aromatic rings. The number of nitrogens with one attached hydrogen (secondary N) is 2. The average Bonchev–Trinajstić information content (AvgIpc) is 2.81. The first-order valence-electron chi connectivity index (χ1n) is 7.47. The van der Waals surface area contributed by atoms with Crippen LogP contribution in [0.3, 0.4) is 0 Å². The molecule has 1 saturated carbocycles. The molecule has 3 N–H and O–H groups in total. The third-order valence-electron chi connectivity index (χ3n) is 3.51. The lowest BCUT2D eigenvalue weighted by atomic mass is 10.1. The van der Waals surface area contributed by atoms with E-state index in [2.05, 4.69) is 28.8 Å². The standard InChI is InChI=1S/C14H29N3OS/c1-3-15-14(16-9-4-5-10-19-2)17-11-12-7-6-8-13(12)18/h12-13,18H,3-11H2,1-2H3,(H2,15,16,17). The van der Waals surface area contributed by atoms with E-state index in [-0.39, 0.29) is 6.10 Å². The zero-order valence-electron chi connectivity index (χ0n) is 12.3. The van der Waals surface area contributed by atoms with Gasteiger partial charge in [0.25, 0.3) is 0 Å². The molecule has 0 aliphatic heterocycles. The van der Waals surface area contributed by atoms with Gasteiger partial charge in [0.05, 0.1) is 6.10 Å². The van der Waals surface area contributed by atoms with Gasteiger partial charge in [-0.25, -0.2) is 0 Å². The van der Waals surface area contributed by atoms with Gasteiger partial charge >= 0.3 is 0 Å². The van der Waals surface area contributed by atoms with Gasteiger partial charge in [-0.2, -0.15) is 11.8 Å². The van der Waals surface area contributed by atoms with Crippen molar-refractivity contribution in [3.63, 3.8) is 0 Å². The molecule has 0 aromatic heterocycles. The monoisotopic (exact) mass is 287 g/mol. The van der Waals surface area contributed by atoms with Gasteiger partial charge < -0.3 is 15.7 Å². The summed E-state index contributed by atoms with van der Waals surface area (Å²) in [6.07, 6.45) is 7.61. The largest absolute Gasteiger partial charge is 0.393 e. The third kappa shape index (κ3) is 7.06. The summed E-state index contributed by atoms with van der Waals surface area (Å²) in [4.78, 5) is 4.59. The number of thioether (sulfide) groups is 1. The number of hydrogen-bond donors (Lipinski definition) is 3. The molecular weight excluding hydrogens is 258 g/mol. The quantitative estimate of drug-likeness (QED) is 0.362. The van der Waals surface area contributed by atoms with Crippen LogP contribution in [0.2, 0.25) is 0 Å². The number of aliphatic hydroxyl groups excluding tert-OH is 1. The van der Waals surface area contributed by atoms with Crippen molar-refractivity contribution in [3.05, 3.63) is 0 Å². The second-order valence-corrected chi connectivity index (χ2v) is 6.09. The normalized spacial score (nSPS) is 23.6. The lowest BCUT2D eigenvalue weighted by Crippen LogP contribution is -2.38. The fourth-order valence-corrected chi connectivity index (χ4v) is 2.85. The predicted molar refractivity (Wildman–Crippen MR) is 84.9 cm³/mol. The van der Waals surface area contributed by atoms with Crippen molar-refractivity contribution < 1.29 is 5.11 Å². The summed E-state index contributed by atoms with van der Waals surface area (Å²) in [6.45, 7) is 4.67. The SMILES string of the molecule is CCNC(=NCC1CCCC1O)NCCCCSC. The number of hydrogen-bond acceptors (Lipinski definition) is 3. The van der Waals surface area contributed by atoms with E-state index in [1.807, 2.05) is 11.8 Å². The number of aliphatic hydroxyl groups is 1. The van der Waals surface area contributed by atoms with Crippen LogP contribution in [0.4, 0.5) is 0 Å². The van der Waals surface area contributed by atoms with Crippen molar-refractivity contribution in [2.75, 3.05) is 31.6 Å². The van der Waals surface area contributed by atoms with Gasteiger partial charge in [0.2, 0.25) is 0 Å². The van der Waals surface area contributed by atoms with Gasteiger partial charge in [-0.05, 0) is 44.6 Å². The van der Waals surface area contributed by atoms with Crippen LogP contribution >= 0.6 is 11.8 Å². The molecule has 5 heteroatoms. The Morgan fingerprint density at radius 1 is 1.32 bits per heavy atom. The molecule has 0 spiro atoms. The summed E-state index contributed by atoms with van der Waals surface area (Å²) >= 11 is 1.90. The van der Waals surface area contributed by atoms with E-state index >= 15 is 0 Å². The molecule has 0 bridgehead atoms. The molecule has 112 valence electrons. The molecule has 0 radical (unpaired) electrons. The van der Waals surface area contributed by atoms with Crippen molar-refractivity contribution in [2.45, 2.75) is 45.1 Å². The first-order valence-corrected chi connectivity index (χ1v) is 8.86. The van der Waals surface area contributed by atoms with Crippen LogP contribution in [0.1, 0.15) is 39.0 Å². The summed E-state index contributed by atoms with van der Waals surface area (Å²) in [5, 5.41) is 16.4. The minimum absolute atomic E-state index is 0.145. The minimum Gasteiger partial charge on any atom is -0.393 e. The number of unbranched alkanes of at least 4 members (excludes halogenated alkanes) is 1. The molecule has 2 atom stereocenters. The topological polar surface area (TPSA) is 56.7 Å². The number of guanidine groups is 1. The van der Waals surface area contributed by atoms with Crippen molar-refractivity contribution >= 4 is 17.7 Å². The molecule has 0 amide bonds. The van der Waals surface area contributed by atoms with E-state index in [4.69, 9.17) is 0 Å². The Hall–Kier alpha value is -0.420. The summed E-state index contributed by atoms with van der Waals surface area (Å²) in [6, 6.07) is 0. The van der Waals surface area contributed by atoms with Crippen LogP contribution in [-0.2, 0) is 0 Å². The van der Waals surface area contributed by atoms with Crippen molar-refractivity contribution in [1.82, 2.24) is 10.6 Å². The molecule has 1 rings (SSSR count). The molecule has 1 aliphatic carbocycles. The van der Waals surface area contributed by atoms with Crippen LogP contribution in [0, 0.1) is 5.92 Å². The fourth-order valence-electron chi connectivity index (χ4n) is 2.36. The van der Waals surface area contributed by atoms with Crippen molar-refractivity contribution in [1.29, 1.82) is 0 Å². The van der Waals surface area contributed by atoms with E-state index in [1.54, 1.807) is 0 Å². The Kier molecular flexibility index (Phi) is 9.08. The highest BCUT2D eigenvalue weighted by atomic mass is 32.2. The van der Waals surface area contributed by atoms with Gasteiger partial charge in [0.1, 0.15) is 0 Å². The highest BCUT2D eigenvalue weighted by Gasteiger charge is 2.24. The molecule has 1 fully saturated rings. The van der Waals surface area contributed by atoms with Crippen molar-refractivity contribution in [2.24, 2.45) is 10.9 Å². The molecule has 0 heterocycles. The summed E-state index contributed by atoms with van der Waals surface area (Å²) in [5.41, 5.74) is 0. The Bertz CT molecular complexity index is 261. The van der Waals surface area contributed by atoms with Gasteiger partial charge in [0.15, 0.2) is 5.96 Å². The molecule has 1 aliphatic rings. The molecular formula is C14H29N3OS. The van der Waals surface area contributed by atoms with Crippen molar-refractivity contribution in [3.8, 4) is 0 Å². The Morgan fingerprint density at radius 2 is 2.16 bits per heavy atom. The molecule has 0 aromatic carbocycles. The highest BCUT2D eigenvalue weighted by molar-refractivity contribution is 7.98. The highest BCUT2D eigenvalue weighted by Crippen LogP contribution is 2.25. The van der Waals surface area contributed by atoms with Gasteiger partial charge in [0, 0.05) is 25.6 Å². The maximum atomic E-state index is 9.79. The van der Waals surface area contributed by atoms with Crippen LogP contribution in [-0.4, -0.2) is 48.8 Å². The van der Waals surface area contributed by atoms with E-state index in [0.29, 0.717) is 5.92 Å². The lowest BCUT2D eigenvalue weighted by molar-refractivity contribution is 0.136. The molecule has 4 nitrogen and oxygen atoms in total. The summed E-state index contributed by atoms with van der Waals surface area (Å²) in [5.74, 6) is 2.47. The second kappa shape index (κ2) is 10.4. The van der Waals surface area contributed by atoms with Crippen LogP contribution < -0.4 is 10.6 Å². The maximum Gasteiger partial charge on any atom is 0.191 e. The molecule has 2 unspecified atom stereocenters. The first kappa shape index (κ1) is 16.6. The second-order valence-electron chi connectivity index (χ2n) is 5.10. The van der Waals surface area contributed by atoms with Gasteiger partial charge in [-0.15, -0.1) is 0 Å². The van der Waals surface area contributed by atoms with E-state index in [1.165, 1.54) is 18.6 Å². The molecule has 19 heavy (non-hydrogen) atoms. The number of aliphatic imine (C=N–C) groups is 1. The predicted octanol–water partition coefficient (Wildman–Crippen LogP) is 1.85. The summed E-state index contributed by atoms with van der Waals surface area (Å²) in [7, 11) is 0.